The first kappa shape index (κ1) is 18.8. The van der Waals surface area contributed by atoms with E-state index in [1.807, 2.05) is 31.2 Å². The first-order valence-electron chi connectivity index (χ1n) is 9.10. The Morgan fingerprint density at radius 2 is 2.04 bits per heavy atom. The molecule has 2 aromatic rings. The largest absolute Gasteiger partial charge is 0.497 e. The number of aromatic amines is 1. The Hall–Kier alpha value is -2.02. The van der Waals surface area contributed by atoms with Crippen molar-refractivity contribution >= 4 is 17.7 Å². The molecule has 0 saturated heterocycles. The molecule has 1 saturated carbocycles. The van der Waals surface area contributed by atoms with Gasteiger partial charge in [-0.15, -0.1) is 5.10 Å². The number of thioether (sulfide) groups is 1. The molecule has 140 valence electrons. The number of carbonyl (C=O) groups excluding carboxylic acids is 1. The number of nitrogens with one attached hydrogen (secondary N) is 2. The zero-order valence-corrected chi connectivity index (χ0v) is 16.3. The maximum Gasteiger partial charge on any atom is 0.233 e. The average molecular weight is 375 g/mol. The minimum atomic E-state index is -0.233. The van der Waals surface area contributed by atoms with Gasteiger partial charge in [0.05, 0.1) is 12.4 Å². The van der Waals surface area contributed by atoms with Gasteiger partial charge in [0, 0.05) is 11.6 Å². The molecule has 1 aromatic heterocycles. The van der Waals surface area contributed by atoms with Crippen molar-refractivity contribution in [2.24, 2.45) is 5.92 Å². The van der Waals surface area contributed by atoms with E-state index in [2.05, 4.69) is 27.4 Å². The van der Waals surface area contributed by atoms with Crippen molar-refractivity contribution in [3.8, 4) is 17.1 Å². The van der Waals surface area contributed by atoms with Gasteiger partial charge in [-0.25, -0.2) is 4.98 Å². The molecule has 7 heteroatoms. The van der Waals surface area contributed by atoms with Crippen molar-refractivity contribution in [1.82, 2.24) is 20.5 Å². The summed E-state index contributed by atoms with van der Waals surface area (Å²) in [5.74, 6) is 2.09. The van der Waals surface area contributed by atoms with Crippen LogP contribution < -0.4 is 10.1 Å². The highest BCUT2D eigenvalue weighted by Crippen LogP contribution is 2.26. The lowest BCUT2D eigenvalue weighted by atomic mass is 9.86. The Morgan fingerprint density at radius 3 is 2.73 bits per heavy atom. The second-order valence-electron chi connectivity index (χ2n) is 6.83. The molecule has 1 amide bonds. The first-order valence-corrected chi connectivity index (χ1v) is 9.98. The highest BCUT2D eigenvalue weighted by Gasteiger charge is 2.25. The van der Waals surface area contributed by atoms with Crippen molar-refractivity contribution in [2.45, 2.75) is 56.0 Å². The van der Waals surface area contributed by atoms with E-state index in [-0.39, 0.29) is 11.2 Å². The van der Waals surface area contributed by atoms with Crippen LogP contribution in [0.15, 0.2) is 29.4 Å². The molecule has 2 N–H and O–H groups in total. The number of nitrogens with zero attached hydrogens (tertiary/aromatic N) is 2. The van der Waals surface area contributed by atoms with Crippen LogP contribution in [0.1, 0.15) is 39.5 Å². The van der Waals surface area contributed by atoms with Gasteiger partial charge in [-0.1, -0.05) is 31.5 Å². The van der Waals surface area contributed by atoms with Crippen LogP contribution in [-0.4, -0.2) is 39.5 Å². The first-order chi connectivity index (χ1) is 12.6. The Bertz CT molecular complexity index is 731. The molecule has 3 atom stereocenters. The molecule has 3 rings (SSSR count). The minimum Gasteiger partial charge on any atom is -0.497 e. The third-order valence-corrected chi connectivity index (χ3v) is 5.88. The zero-order chi connectivity index (χ0) is 18.5. The van der Waals surface area contributed by atoms with Gasteiger partial charge >= 0.3 is 0 Å². The summed E-state index contributed by atoms with van der Waals surface area (Å²) >= 11 is 1.37. The number of carbonyl (C=O) groups is 1. The van der Waals surface area contributed by atoms with Gasteiger partial charge in [0.15, 0.2) is 5.82 Å². The molecular weight excluding hydrogens is 348 g/mol. The Kier molecular flexibility index (Phi) is 6.19. The summed E-state index contributed by atoms with van der Waals surface area (Å²) in [5, 5.41) is 10.7. The molecular formula is C19H26N4O2S. The van der Waals surface area contributed by atoms with Gasteiger partial charge in [0.2, 0.25) is 11.1 Å². The van der Waals surface area contributed by atoms with Crippen LogP contribution >= 0.6 is 11.8 Å². The fourth-order valence-electron chi connectivity index (χ4n) is 3.22. The van der Waals surface area contributed by atoms with E-state index in [0.29, 0.717) is 22.9 Å². The van der Waals surface area contributed by atoms with Crippen molar-refractivity contribution in [3.63, 3.8) is 0 Å². The summed E-state index contributed by atoms with van der Waals surface area (Å²) in [4.78, 5) is 17.0. The summed E-state index contributed by atoms with van der Waals surface area (Å²) < 4.78 is 5.16. The number of H-pyrrole nitrogens is 1. The van der Waals surface area contributed by atoms with Gasteiger partial charge in [0.1, 0.15) is 5.75 Å². The predicted octanol–water partition coefficient (Wildman–Crippen LogP) is 3.66. The Labute approximate surface area is 158 Å². The molecule has 1 aromatic carbocycles. The smallest absolute Gasteiger partial charge is 0.233 e. The molecule has 6 nitrogen and oxygen atoms in total. The molecule has 26 heavy (non-hydrogen) atoms. The van der Waals surface area contributed by atoms with E-state index in [1.165, 1.54) is 31.0 Å². The summed E-state index contributed by atoms with van der Waals surface area (Å²) in [6.45, 7) is 4.12. The van der Waals surface area contributed by atoms with E-state index in [4.69, 9.17) is 4.74 Å². The molecule has 0 unspecified atom stereocenters. The van der Waals surface area contributed by atoms with Crippen LogP contribution in [0.25, 0.3) is 11.4 Å². The normalized spacial score (nSPS) is 21.2. The zero-order valence-electron chi connectivity index (χ0n) is 15.5. The number of hydrogen-bond donors (Lipinski definition) is 2. The molecule has 1 aliphatic rings. The van der Waals surface area contributed by atoms with Gasteiger partial charge in [0.25, 0.3) is 0 Å². The lowest BCUT2D eigenvalue weighted by Crippen LogP contribution is -2.44. The summed E-state index contributed by atoms with van der Waals surface area (Å²) in [5.41, 5.74) is 0.929. The lowest BCUT2D eigenvalue weighted by Gasteiger charge is -2.30. The lowest BCUT2D eigenvalue weighted by molar-refractivity contribution is -0.121. The van der Waals surface area contributed by atoms with E-state index in [1.54, 1.807) is 7.11 Å². The Balaban J connectivity index is 1.58. The van der Waals surface area contributed by atoms with Gasteiger partial charge in [-0.2, -0.15) is 0 Å². The van der Waals surface area contributed by atoms with Crippen molar-refractivity contribution in [2.75, 3.05) is 7.11 Å². The molecule has 1 aliphatic carbocycles. The molecule has 1 fully saturated rings. The SMILES string of the molecule is COc1ccc(-c2nc(S[C@H](C)C(=O)N[C@H]3CCCC[C@@H]3C)n[nH]2)cc1. The van der Waals surface area contributed by atoms with Crippen LogP contribution in [0.5, 0.6) is 5.75 Å². The van der Waals surface area contributed by atoms with Crippen LogP contribution in [0.4, 0.5) is 0 Å². The monoisotopic (exact) mass is 374 g/mol. The standard InChI is InChI=1S/C19H26N4O2S/c1-12-6-4-5-7-16(12)20-18(24)13(2)26-19-21-17(22-23-19)14-8-10-15(25-3)11-9-14/h8-13,16H,4-7H2,1-3H3,(H,20,24)(H,21,22,23)/t12-,13+,16-/m0/s1. The summed E-state index contributed by atoms with van der Waals surface area (Å²) in [6, 6.07) is 7.90. The number of benzene rings is 1. The van der Waals surface area contributed by atoms with Crippen LogP contribution in [0.3, 0.4) is 0 Å². The van der Waals surface area contributed by atoms with Crippen LogP contribution in [-0.2, 0) is 4.79 Å². The van der Waals surface area contributed by atoms with Crippen molar-refractivity contribution in [1.29, 1.82) is 0 Å². The van der Waals surface area contributed by atoms with Crippen LogP contribution in [0, 0.1) is 5.92 Å². The van der Waals surface area contributed by atoms with Gasteiger partial charge < -0.3 is 10.1 Å². The number of rotatable bonds is 6. The number of aromatic nitrogens is 3. The topological polar surface area (TPSA) is 79.9 Å². The quantitative estimate of drug-likeness (QED) is 0.755. The molecule has 1 heterocycles. The summed E-state index contributed by atoms with van der Waals surface area (Å²) in [7, 11) is 1.64. The van der Waals surface area contributed by atoms with E-state index in [0.717, 1.165) is 17.7 Å². The minimum absolute atomic E-state index is 0.0598. The highest BCUT2D eigenvalue weighted by molar-refractivity contribution is 8.00. The fraction of sp³-hybridized carbons (Fsp3) is 0.526. The second kappa shape index (κ2) is 8.58. The third kappa shape index (κ3) is 4.58. The molecule has 0 radical (unpaired) electrons. The van der Waals surface area contributed by atoms with E-state index in [9.17, 15) is 4.79 Å². The number of ether oxygens (including phenoxy) is 1. The summed E-state index contributed by atoms with van der Waals surface area (Å²) in [6.07, 6.45) is 4.73. The number of amides is 1. The highest BCUT2D eigenvalue weighted by atomic mass is 32.2. The van der Waals surface area contributed by atoms with Crippen LogP contribution in [0.2, 0.25) is 0 Å². The maximum absolute atomic E-state index is 12.5. The average Bonchev–Trinajstić information content (AvgIpc) is 3.12. The molecule has 0 bridgehead atoms. The molecule has 0 aliphatic heterocycles. The fourth-order valence-corrected chi connectivity index (χ4v) is 3.95. The van der Waals surface area contributed by atoms with Gasteiger partial charge in [-0.05, 0) is 49.9 Å². The Morgan fingerprint density at radius 1 is 1.31 bits per heavy atom. The number of hydrogen-bond acceptors (Lipinski definition) is 5. The second-order valence-corrected chi connectivity index (χ2v) is 8.14. The predicted molar refractivity (Wildman–Crippen MR) is 103 cm³/mol. The van der Waals surface area contributed by atoms with E-state index < -0.39 is 0 Å². The molecule has 0 spiro atoms. The van der Waals surface area contributed by atoms with E-state index >= 15 is 0 Å². The van der Waals surface area contributed by atoms with Crippen molar-refractivity contribution in [3.05, 3.63) is 24.3 Å². The maximum atomic E-state index is 12.5. The third-order valence-electron chi connectivity index (χ3n) is 4.92. The van der Waals surface area contributed by atoms with Gasteiger partial charge in [-0.3, -0.25) is 9.89 Å². The number of methoxy groups -OCH3 is 1. The van der Waals surface area contributed by atoms with Crippen molar-refractivity contribution < 1.29 is 9.53 Å².